The number of amides is 2. The van der Waals surface area contributed by atoms with Crippen molar-refractivity contribution in [1.29, 1.82) is 0 Å². The second-order valence-electron chi connectivity index (χ2n) is 9.26. The summed E-state index contributed by atoms with van der Waals surface area (Å²) in [6.07, 6.45) is 1.67. The summed E-state index contributed by atoms with van der Waals surface area (Å²) < 4.78 is 26.4. The van der Waals surface area contributed by atoms with Crippen molar-refractivity contribution in [2.45, 2.75) is 32.4 Å². The molecule has 0 heterocycles. The van der Waals surface area contributed by atoms with Crippen molar-refractivity contribution in [3.63, 3.8) is 0 Å². The van der Waals surface area contributed by atoms with Gasteiger partial charge in [-0.3, -0.25) is 24.0 Å². The molecule has 0 aliphatic heterocycles. The average molecular weight is 622 g/mol. The number of hydrogen-bond donors (Lipinski definition) is 1. The lowest BCUT2D eigenvalue weighted by Crippen LogP contribution is -2.53. The van der Waals surface area contributed by atoms with Gasteiger partial charge in [0.2, 0.25) is 21.8 Å². The Morgan fingerprint density at radius 1 is 1.00 bits per heavy atom. The van der Waals surface area contributed by atoms with Crippen molar-refractivity contribution in [2.75, 3.05) is 23.7 Å². The Morgan fingerprint density at radius 3 is 2.22 bits per heavy atom. The maximum Gasteiger partial charge on any atom is 0.271 e. The Morgan fingerprint density at radius 2 is 1.63 bits per heavy atom. The third kappa shape index (κ3) is 8.66. The highest BCUT2D eigenvalue weighted by molar-refractivity contribution is 7.92. The van der Waals surface area contributed by atoms with Gasteiger partial charge in [-0.1, -0.05) is 72.6 Å². The van der Waals surface area contributed by atoms with E-state index in [4.69, 9.17) is 23.2 Å². The number of sulfonamides is 1. The van der Waals surface area contributed by atoms with Gasteiger partial charge in [0, 0.05) is 47.3 Å². The standard InChI is InChI=1S/C28H30Cl2N4O6S/c1-3-15-31-28(36)26(16-20-9-5-4-6-10-20)32(18-23-24(29)13-8-14-25(23)30)27(35)19-33(41(2,39)40)21-11-7-12-22(17-21)34(37)38/h4-14,17,26H,3,15-16,18-19H2,1-2H3,(H,31,36). The number of nitrogens with zero attached hydrogens (tertiary/aromatic N) is 3. The fourth-order valence-electron chi connectivity index (χ4n) is 4.15. The lowest BCUT2D eigenvalue weighted by molar-refractivity contribution is -0.384. The van der Waals surface area contributed by atoms with Gasteiger partial charge in [0.25, 0.3) is 5.69 Å². The van der Waals surface area contributed by atoms with Crippen molar-refractivity contribution < 1.29 is 22.9 Å². The van der Waals surface area contributed by atoms with Gasteiger partial charge < -0.3 is 10.2 Å². The summed E-state index contributed by atoms with van der Waals surface area (Å²) in [5.41, 5.74) is 0.739. The quantitative estimate of drug-likeness (QED) is 0.215. The maximum absolute atomic E-state index is 14.0. The summed E-state index contributed by atoms with van der Waals surface area (Å²) in [7, 11) is -4.09. The van der Waals surface area contributed by atoms with Gasteiger partial charge >= 0.3 is 0 Å². The SMILES string of the molecule is CCCNC(=O)C(Cc1ccccc1)N(Cc1c(Cl)cccc1Cl)C(=O)CN(c1cccc([N+](=O)[O-])c1)S(C)(=O)=O. The summed E-state index contributed by atoms with van der Waals surface area (Å²) in [6, 6.07) is 17.8. The lowest BCUT2D eigenvalue weighted by atomic mass is 10.0. The molecule has 13 heteroatoms. The van der Waals surface area contributed by atoms with Crippen LogP contribution in [0, 0.1) is 10.1 Å². The largest absolute Gasteiger partial charge is 0.354 e. The number of nitro benzene ring substituents is 1. The molecule has 0 aliphatic carbocycles. The Bertz CT molecular complexity index is 1480. The van der Waals surface area contributed by atoms with Crippen LogP contribution in [-0.2, 0) is 32.6 Å². The zero-order valence-corrected chi connectivity index (χ0v) is 24.8. The number of benzene rings is 3. The Labute approximate surface area is 249 Å². The Balaban J connectivity index is 2.10. The molecule has 0 saturated heterocycles. The number of anilines is 1. The molecule has 1 atom stereocenters. The van der Waals surface area contributed by atoms with Crippen LogP contribution in [0.5, 0.6) is 0 Å². The first kappa shape index (κ1) is 31.9. The van der Waals surface area contributed by atoms with E-state index in [-0.39, 0.29) is 34.4 Å². The number of halogens is 2. The second-order valence-corrected chi connectivity index (χ2v) is 12.0. The van der Waals surface area contributed by atoms with Crippen LogP contribution < -0.4 is 9.62 Å². The van der Waals surface area contributed by atoms with Crippen LogP contribution in [0.25, 0.3) is 0 Å². The Kier molecular flexibility index (Phi) is 11.1. The number of carbonyl (C=O) groups excluding carboxylic acids is 2. The van der Waals surface area contributed by atoms with Gasteiger partial charge in [0.15, 0.2) is 0 Å². The van der Waals surface area contributed by atoms with Crippen molar-refractivity contribution in [3.8, 4) is 0 Å². The van der Waals surface area contributed by atoms with Crippen LogP contribution in [0.1, 0.15) is 24.5 Å². The van der Waals surface area contributed by atoms with Crippen LogP contribution in [0.3, 0.4) is 0 Å². The molecular formula is C28H30Cl2N4O6S. The molecule has 2 amide bonds. The van der Waals surface area contributed by atoms with Gasteiger partial charge in [-0.25, -0.2) is 8.42 Å². The minimum atomic E-state index is -4.09. The Hall–Kier alpha value is -3.67. The highest BCUT2D eigenvalue weighted by Crippen LogP contribution is 2.28. The van der Waals surface area contributed by atoms with E-state index in [1.165, 1.54) is 23.1 Å². The van der Waals surface area contributed by atoms with Crippen LogP contribution in [-0.4, -0.2) is 55.4 Å². The predicted octanol–water partition coefficient (Wildman–Crippen LogP) is 4.83. The molecule has 1 N–H and O–H groups in total. The molecular weight excluding hydrogens is 591 g/mol. The summed E-state index contributed by atoms with van der Waals surface area (Å²) >= 11 is 12.9. The third-order valence-electron chi connectivity index (χ3n) is 6.22. The van der Waals surface area contributed by atoms with Gasteiger partial charge in [-0.15, -0.1) is 0 Å². The fraction of sp³-hybridized carbons (Fsp3) is 0.286. The number of non-ortho nitro benzene ring substituents is 1. The van der Waals surface area contributed by atoms with Crippen LogP contribution in [0.4, 0.5) is 11.4 Å². The number of carbonyl (C=O) groups is 2. The predicted molar refractivity (Wildman–Crippen MR) is 160 cm³/mol. The van der Waals surface area contributed by atoms with Gasteiger partial charge in [-0.2, -0.15) is 0 Å². The van der Waals surface area contributed by atoms with Gasteiger partial charge in [0.1, 0.15) is 12.6 Å². The van der Waals surface area contributed by atoms with Gasteiger partial charge in [0.05, 0.1) is 16.9 Å². The van der Waals surface area contributed by atoms with Gasteiger partial charge in [-0.05, 0) is 30.2 Å². The normalized spacial score (nSPS) is 11.9. The highest BCUT2D eigenvalue weighted by atomic mass is 35.5. The smallest absolute Gasteiger partial charge is 0.271 e. The number of hydrogen-bond acceptors (Lipinski definition) is 6. The van der Waals surface area contributed by atoms with E-state index in [1.54, 1.807) is 30.3 Å². The fourth-order valence-corrected chi connectivity index (χ4v) is 5.51. The molecule has 0 aromatic heterocycles. The first-order valence-electron chi connectivity index (χ1n) is 12.7. The molecule has 41 heavy (non-hydrogen) atoms. The molecule has 0 radical (unpaired) electrons. The van der Waals surface area contributed by atoms with E-state index >= 15 is 0 Å². The third-order valence-corrected chi connectivity index (χ3v) is 8.07. The molecule has 0 spiro atoms. The molecule has 0 bridgehead atoms. The summed E-state index contributed by atoms with van der Waals surface area (Å²) in [5, 5.41) is 14.7. The zero-order valence-electron chi connectivity index (χ0n) is 22.5. The van der Waals surface area contributed by atoms with E-state index in [0.29, 0.717) is 18.5 Å². The number of nitrogens with one attached hydrogen (secondary N) is 1. The monoisotopic (exact) mass is 620 g/mol. The molecule has 0 aliphatic rings. The molecule has 218 valence electrons. The van der Waals surface area contributed by atoms with E-state index in [1.807, 2.05) is 25.1 Å². The number of rotatable bonds is 13. The minimum absolute atomic E-state index is 0.0687. The second kappa shape index (κ2) is 14.3. The molecule has 1 unspecified atom stereocenters. The maximum atomic E-state index is 14.0. The first-order chi connectivity index (χ1) is 19.4. The van der Waals surface area contributed by atoms with Crippen LogP contribution >= 0.6 is 23.2 Å². The summed E-state index contributed by atoms with van der Waals surface area (Å²) in [4.78, 5) is 39.5. The molecule has 3 aromatic rings. The van der Waals surface area contributed by atoms with Crippen LogP contribution in [0.15, 0.2) is 72.8 Å². The summed E-state index contributed by atoms with van der Waals surface area (Å²) in [6.45, 7) is 1.33. The first-order valence-corrected chi connectivity index (χ1v) is 15.3. The van der Waals surface area contributed by atoms with Crippen molar-refractivity contribution in [3.05, 3.63) is 104 Å². The van der Waals surface area contributed by atoms with E-state index in [9.17, 15) is 28.1 Å². The molecule has 10 nitrogen and oxygen atoms in total. The van der Waals surface area contributed by atoms with E-state index in [2.05, 4.69) is 5.32 Å². The van der Waals surface area contributed by atoms with Crippen molar-refractivity contribution in [2.24, 2.45) is 0 Å². The van der Waals surface area contributed by atoms with E-state index < -0.39 is 39.3 Å². The van der Waals surface area contributed by atoms with Crippen LogP contribution in [0.2, 0.25) is 10.0 Å². The van der Waals surface area contributed by atoms with Crippen molar-refractivity contribution in [1.82, 2.24) is 10.2 Å². The molecule has 3 aromatic carbocycles. The summed E-state index contributed by atoms with van der Waals surface area (Å²) in [5.74, 6) is -1.17. The molecule has 3 rings (SSSR count). The number of nitro groups is 1. The van der Waals surface area contributed by atoms with E-state index in [0.717, 1.165) is 22.2 Å². The van der Waals surface area contributed by atoms with Crippen molar-refractivity contribution >= 4 is 56.4 Å². The highest BCUT2D eigenvalue weighted by Gasteiger charge is 2.34. The molecule has 0 saturated carbocycles. The average Bonchev–Trinajstić information content (AvgIpc) is 2.93. The topological polar surface area (TPSA) is 130 Å². The lowest BCUT2D eigenvalue weighted by Gasteiger charge is -2.33. The molecule has 0 fully saturated rings. The minimum Gasteiger partial charge on any atom is -0.354 e. The zero-order chi connectivity index (χ0) is 30.2.